The molecule has 0 amide bonds. The second kappa shape index (κ2) is 8.43. The third-order valence-electron chi connectivity index (χ3n) is 4.12. The second-order valence-corrected chi connectivity index (χ2v) is 6.44. The first kappa shape index (κ1) is 20.5. The predicted octanol–water partition coefficient (Wildman–Crippen LogP) is 3.32. The summed E-state index contributed by atoms with van der Waals surface area (Å²) in [6, 6.07) is 13.5. The maximum Gasteiger partial charge on any atom is 0.357 e. The van der Waals surface area contributed by atoms with Crippen molar-refractivity contribution in [1.82, 2.24) is 9.78 Å². The maximum absolute atomic E-state index is 12.8. The molecule has 0 aliphatic rings. The van der Waals surface area contributed by atoms with E-state index < -0.39 is 28.8 Å². The Bertz CT molecular complexity index is 1270. The van der Waals surface area contributed by atoms with Crippen LogP contribution in [0.25, 0.3) is 17.8 Å². The molecule has 30 heavy (non-hydrogen) atoms. The van der Waals surface area contributed by atoms with Crippen LogP contribution in [0.3, 0.4) is 0 Å². The normalized spacial score (nSPS) is 10.7. The molecule has 0 unspecified atom stereocenters. The maximum atomic E-state index is 12.8. The number of nitrogens with zero attached hydrogens (tertiary/aromatic N) is 3. The summed E-state index contributed by atoms with van der Waals surface area (Å²) in [5, 5.41) is 32.4. The molecule has 3 rings (SSSR count). The highest BCUT2D eigenvalue weighted by molar-refractivity contribution is 6.30. The first-order chi connectivity index (χ1) is 14.3. The van der Waals surface area contributed by atoms with Gasteiger partial charge in [-0.2, -0.15) is 15.0 Å². The molecule has 2 N–H and O–H groups in total. The van der Waals surface area contributed by atoms with Crippen molar-refractivity contribution in [2.45, 2.75) is 0 Å². The van der Waals surface area contributed by atoms with Crippen molar-refractivity contribution in [2.24, 2.45) is 0 Å². The molecule has 1 aromatic heterocycles. The van der Waals surface area contributed by atoms with Crippen molar-refractivity contribution < 1.29 is 19.8 Å². The minimum atomic E-state index is -1.42. The average molecular weight is 422 g/mol. The van der Waals surface area contributed by atoms with Crippen LogP contribution in [0.5, 0.6) is 0 Å². The van der Waals surface area contributed by atoms with E-state index in [9.17, 15) is 24.8 Å². The van der Waals surface area contributed by atoms with Crippen LogP contribution in [0.2, 0.25) is 5.02 Å². The minimum absolute atomic E-state index is 0.0864. The van der Waals surface area contributed by atoms with Gasteiger partial charge in [0.25, 0.3) is 5.56 Å². The first-order valence-electron chi connectivity index (χ1n) is 8.40. The number of rotatable bonds is 5. The highest BCUT2D eigenvalue weighted by Crippen LogP contribution is 2.17. The summed E-state index contributed by atoms with van der Waals surface area (Å²) in [4.78, 5) is 35.5. The molecule has 0 saturated carbocycles. The number of aromatic carboxylic acids is 2. The summed E-state index contributed by atoms with van der Waals surface area (Å²) in [7, 11) is 0. The number of hydrogen-bond donors (Lipinski definition) is 2. The molecular formula is C21H12ClN3O5. The van der Waals surface area contributed by atoms with E-state index in [0.29, 0.717) is 10.6 Å². The van der Waals surface area contributed by atoms with Gasteiger partial charge >= 0.3 is 11.9 Å². The van der Waals surface area contributed by atoms with Crippen molar-refractivity contribution in [2.75, 3.05) is 0 Å². The predicted molar refractivity (Wildman–Crippen MR) is 109 cm³/mol. The van der Waals surface area contributed by atoms with Crippen molar-refractivity contribution in [3.8, 4) is 11.8 Å². The lowest BCUT2D eigenvalue weighted by molar-refractivity contribution is 0.0680. The highest BCUT2D eigenvalue weighted by atomic mass is 35.5. The fourth-order valence-electron chi connectivity index (χ4n) is 2.64. The standard InChI is InChI=1S/C21H12ClN3O5/c22-14-6-8-15(9-7-14)25-19(26)17(11-23)16(18(24-25)21(29)30)10-3-12-1-4-13(5-2-12)20(27)28/h1-10H,(H,27,28)(H,29,30)/b10-3-. The Kier molecular flexibility index (Phi) is 5.76. The van der Waals surface area contributed by atoms with E-state index in [1.807, 2.05) is 0 Å². The van der Waals surface area contributed by atoms with Gasteiger partial charge in [-0.1, -0.05) is 35.9 Å². The molecule has 1 heterocycles. The Balaban J connectivity index is 2.14. The van der Waals surface area contributed by atoms with Gasteiger partial charge in [0, 0.05) is 10.6 Å². The molecule has 148 valence electrons. The zero-order valence-corrected chi connectivity index (χ0v) is 15.9. The van der Waals surface area contributed by atoms with Gasteiger partial charge in [0.1, 0.15) is 11.6 Å². The number of hydrogen-bond acceptors (Lipinski definition) is 5. The molecular weight excluding hydrogens is 410 g/mol. The Morgan fingerprint density at radius 1 is 1.00 bits per heavy atom. The van der Waals surface area contributed by atoms with Crippen molar-refractivity contribution in [3.05, 3.63) is 91.9 Å². The van der Waals surface area contributed by atoms with Gasteiger partial charge in [0.2, 0.25) is 0 Å². The van der Waals surface area contributed by atoms with Crippen LogP contribution in [-0.2, 0) is 0 Å². The van der Waals surface area contributed by atoms with Crippen LogP contribution >= 0.6 is 11.6 Å². The van der Waals surface area contributed by atoms with Crippen LogP contribution in [0, 0.1) is 11.3 Å². The molecule has 9 heteroatoms. The summed E-state index contributed by atoms with van der Waals surface area (Å²) >= 11 is 5.83. The lowest BCUT2D eigenvalue weighted by Crippen LogP contribution is -2.28. The van der Waals surface area contributed by atoms with E-state index in [1.54, 1.807) is 6.07 Å². The molecule has 0 aliphatic heterocycles. The molecule has 3 aromatic rings. The van der Waals surface area contributed by atoms with Gasteiger partial charge < -0.3 is 10.2 Å². The molecule has 0 atom stereocenters. The van der Waals surface area contributed by atoms with E-state index in [4.69, 9.17) is 16.7 Å². The molecule has 0 radical (unpaired) electrons. The van der Waals surface area contributed by atoms with Gasteiger partial charge in [-0.05, 0) is 42.0 Å². The Hall–Kier alpha value is -4.22. The van der Waals surface area contributed by atoms with Crippen LogP contribution in [0.1, 0.15) is 37.5 Å². The summed E-state index contributed by atoms with van der Waals surface area (Å²) in [6.07, 6.45) is 2.75. The van der Waals surface area contributed by atoms with Crippen LogP contribution in [0.15, 0.2) is 53.3 Å². The van der Waals surface area contributed by atoms with Crippen molar-refractivity contribution in [3.63, 3.8) is 0 Å². The number of carboxylic acids is 2. The van der Waals surface area contributed by atoms with Gasteiger partial charge in [0.15, 0.2) is 5.69 Å². The third-order valence-corrected chi connectivity index (χ3v) is 4.37. The Morgan fingerprint density at radius 2 is 1.63 bits per heavy atom. The molecule has 0 fully saturated rings. The number of halogens is 1. The van der Waals surface area contributed by atoms with Crippen LogP contribution < -0.4 is 5.56 Å². The van der Waals surface area contributed by atoms with E-state index in [2.05, 4.69) is 5.10 Å². The zero-order valence-electron chi connectivity index (χ0n) is 15.1. The number of aromatic nitrogens is 2. The average Bonchev–Trinajstić information content (AvgIpc) is 2.73. The zero-order chi connectivity index (χ0) is 21.8. The SMILES string of the molecule is N#Cc1c(/C=C\c2ccc(C(=O)O)cc2)c(C(=O)O)nn(-c2ccc(Cl)cc2)c1=O. The summed E-state index contributed by atoms with van der Waals surface area (Å²) in [6.45, 7) is 0. The minimum Gasteiger partial charge on any atom is -0.478 e. The number of benzene rings is 2. The van der Waals surface area contributed by atoms with Crippen molar-refractivity contribution in [1.29, 1.82) is 5.26 Å². The first-order valence-corrected chi connectivity index (χ1v) is 8.77. The number of carboxylic acid groups (broad SMARTS) is 2. The van der Waals surface area contributed by atoms with Gasteiger partial charge in [0.05, 0.1) is 11.3 Å². The van der Waals surface area contributed by atoms with Crippen molar-refractivity contribution >= 4 is 35.7 Å². The van der Waals surface area contributed by atoms with E-state index >= 15 is 0 Å². The molecule has 0 saturated heterocycles. The highest BCUT2D eigenvalue weighted by Gasteiger charge is 2.21. The molecule has 0 aliphatic carbocycles. The second-order valence-electron chi connectivity index (χ2n) is 6.01. The third kappa shape index (κ3) is 4.11. The topological polar surface area (TPSA) is 133 Å². The summed E-state index contributed by atoms with van der Waals surface area (Å²) < 4.78 is 0.831. The van der Waals surface area contributed by atoms with E-state index in [1.165, 1.54) is 60.7 Å². The number of carbonyl (C=O) groups is 2. The quantitative estimate of drug-likeness (QED) is 0.645. The molecule has 0 spiro atoms. The lowest BCUT2D eigenvalue weighted by atomic mass is 10.1. The molecule has 2 aromatic carbocycles. The van der Waals surface area contributed by atoms with E-state index in [0.717, 1.165) is 4.68 Å². The monoisotopic (exact) mass is 421 g/mol. The van der Waals surface area contributed by atoms with Gasteiger partial charge in [-0.25, -0.2) is 9.59 Å². The lowest BCUT2D eigenvalue weighted by Gasteiger charge is -2.09. The van der Waals surface area contributed by atoms with Gasteiger partial charge in [-0.3, -0.25) is 4.79 Å². The smallest absolute Gasteiger partial charge is 0.357 e. The molecule has 8 nitrogen and oxygen atoms in total. The van der Waals surface area contributed by atoms with E-state index in [-0.39, 0.29) is 16.8 Å². The summed E-state index contributed by atoms with van der Waals surface area (Å²) in [5.41, 5.74) is -0.933. The van der Waals surface area contributed by atoms with Crippen LogP contribution in [0.4, 0.5) is 0 Å². The fraction of sp³-hybridized carbons (Fsp3) is 0. The Morgan fingerprint density at radius 3 is 2.17 bits per heavy atom. The molecule has 0 bridgehead atoms. The fourth-order valence-corrected chi connectivity index (χ4v) is 2.77. The Labute approximate surface area is 174 Å². The van der Waals surface area contributed by atoms with Crippen LogP contribution in [-0.4, -0.2) is 31.9 Å². The number of nitriles is 1. The largest absolute Gasteiger partial charge is 0.478 e. The van der Waals surface area contributed by atoms with Gasteiger partial charge in [-0.15, -0.1) is 0 Å². The summed E-state index contributed by atoms with van der Waals surface area (Å²) in [5.74, 6) is -2.50.